The fourth-order valence-electron chi connectivity index (χ4n) is 3.39. The molecule has 1 aromatic heterocycles. The Morgan fingerprint density at radius 1 is 1.33 bits per heavy atom. The molecule has 0 radical (unpaired) electrons. The van der Waals surface area contributed by atoms with Gasteiger partial charge in [0.05, 0.1) is 24.1 Å². The Hall–Kier alpha value is -3.04. The number of carbonyl (C=O) groups excluding carboxylic acids is 1. The summed E-state index contributed by atoms with van der Waals surface area (Å²) in [6, 6.07) is 7.84. The molecule has 1 aromatic carbocycles. The molecule has 0 aliphatic carbocycles. The van der Waals surface area contributed by atoms with Crippen LogP contribution in [-0.4, -0.2) is 18.1 Å². The molecule has 2 aromatic rings. The van der Waals surface area contributed by atoms with Gasteiger partial charge in [0.25, 0.3) is 0 Å². The second-order valence-electron chi connectivity index (χ2n) is 6.40. The standard InChI is InChI=1S/C20H18ClN3O3/c1-9-5-10(2)12-7-13(18(21)24-15(12)6-9)17-14(8-22)19(23)27-11(3)16(17)20(25)26-4/h5-7,17H,23H2,1-4H3/t17-/m1/s1. The molecule has 7 heteroatoms. The Morgan fingerprint density at radius 3 is 2.67 bits per heavy atom. The summed E-state index contributed by atoms with van der Waals surface area (Å²) in [5.41, 5.74) is 9.49. The second-order valence-corrected chi connectivity index (χ2v) is 6.76. The van der Waals surface area contributed by atoms with Crippen LogP contribution in [0, 0.1) is 25.2 Å². The first-order chi connectivity index (χ1) is 12.8. The summed E-state index contributed by atoms with van der Waals surface area (Å²) in [6.45, 7) is 5.54. The number of halogens is 1. The van der Waals surface area contributed by atoms with E-state index in [9.17, 15) is 10.1 Å². The van der Waals surface area contributed by atoms with Crippen molar-refractivity contribution < 1.29 is 14.3 Å². The number of fused-ring (bicyclic) bond motifs is 1. The Kier molecular flexibility index (Phi) is 4.81. The Labute approximate surface area is 161 Å². The molecule has 0 spiro atoms. The van der Waals surface area contributed by atoms with Crippen LogP contribution < -0.4 is 5.73 Å². The van der Waals surface area contributed by atoms with Gasteiger partial charge >= 0.3 is 5.97 Å². The SMILES string of the molecule is COC(=O)C1=C(C)OC(N)=C(C#N)[C@H]1c1cc2c(C)cc(C)cc2nc1Cl. The van der Waals surface area contributed by atoms with Gasteiger partial charge in [-0.25, -0.2) is 9.78 Å². The lowest BCUT2D eigenvalue weighted by molar-refractivity contribution is -0.136. The predicted octanol–water partition coefficient (Wildman–Crippen LogP) is 3.76. The number of ether oxygens (including phenoxy) is 2. The van der Waals surface area contributed by atoms with Crippen molar-refractivity contribution in [3.05, 3.63) is 62.8 Å². The highest BCUT2D eigenvalue weighted by Crippen LogP contribution is 2.42. The van der Waals surface area contributed by atoms with Crippen LogP contribution in [0.2, 0.25) is 5.15 Å². The van der Waals surface area contributed by atoms with Crippen LogP contribution in [0.5, 0.6) is 0 Å². The smallest absolute Gasteiger partial charge is 0.338 e. The summed E-state index contributed by atoms with van der Waals surface area (Å²) in [4.78, 5) is 16.9. The summed E-state index contributed by atoms with van der Waals surface area (Å²) in [6.07, 6.45) is 0. The molecule has 3 rings (SSSR count). The molecule has 2 heterocycles. The van der Waals surface area contributed by atoms with Gasteiger partial charge in [0.15, 0.2) is 0 Å². The van der Waals surface area contributed by atoms with Gasteiger partial charge < -0.3 is 15.2 Å². The maximum absolute atomic E-state index is 12.4. The van der Waals surface area contributed by atoms with Crippen LogP contribution >= 0.6 is 11.6 Å². The lowest BCUT2D eigenvalue weighted by atomic mass is 9.83. The quantitative estimate of drug-likeness (QED) is 0.626. The number of esters is 1. The summed E-state index contributed by atoms with van der Waals surface area (Å²) < 4.78 is 10.3. The lowest BCUT2D eigenvalue weighted by Crippen LogP contribution is -2.25. The number of hydrogen-bond donors (Lipinski definition) is 1. The van der Waals surface area contributed by atoms with E-state index in [4.69, 9.17) is 26.8 Å². The van der Waals surface area contributed by atoms with Gasteiger partial charge in [0, 0.05) is 10.9 Å². The molecule has 27 heavy (non-hydrogen) atoms. The molecule has 0 amide bonds. The first-order valence-electron chi connectivity index (χ1n) is 8.22. The highest BCUT2D eigenvalue weighted by atomic mass is 35.5. The van der Waals surface area contributed by atoms with E-state index in [2.05, 4.69) is 4.98 Å². The van der Waals surface area contributed by atoms with E-state index in [0.717, 1.165) is 22.0 Å². The molecule has 0 bridgehead atoms. The highest BCUT2D eigenvalue weighted by Gasteiger charge is 2.37. The molecule has 0 saturated heterocycles. The maximum atomic E-state index is 12.4. The number of rotatable bonds is 2. The summed E-state index contributed by atoms with van der Waals surface area (Å²) >= 11 is 6.47. The number of aromatic nitrogens is 1. The zero-order chi connectivity index (χ0) is 19.9. The average molecular weight is 384 g/mol. The molecule has 1 aliphatic rings. The van der Waals surface area contributed by atoms with E-state index in [1.165, 1.54) is 7.11 Å². The number of carbonyl (C=O) groups is 1. The van der Waals surface area contributed by atoms with E-state index >= 15 is 0 Å². The Morgan fingerprint density at radius 2 is 2.04 bits per heavy atom. The van der Waals surface area contributed by atoms with E-state index in [-0.39, 0.29) is 27.9 Å². The first kappa shape index (κ1) is 18.7. The third-order valence-electron chi connectivity index (χ3n) is 4.59. The number of aryl methyl sites for hydroxylation is 2. The van der Waals surface area contributed by atoms with Crippen LogP contribution in [0.15, 0.2) is 41.0 Å². The minimum absolute atomic E-state index is 0.0653. The van der Waals surface area contributed by atoms with Crippen molar-refractivity contribution in [1.29, 1.82) is 5.26 Å². The van der Waals surface area contributed by atoms with E-state index in [1.54, 1.807) is 6.92 Å². The summed E-state index contributed by atoms with van der Waals surface area (Å²) in [5.74, 6) is -1.24. The van der Waals surface area contributed by atoms with Crippen LogP contribution in [0.3, 0.4) is 0 Å². The Balaban J connectivity index is 2.34. The van der Waals surface area contributed by atoms with E-state index in [0.29, 0.717) is 5.56 Å². The molecule has 2 N–H and O–H groups in total. The van der Waals surface area contributed by atoms with Gasteiger partial charge in [-0.1, -0.05) is 17.7 Å². The minimum atomic E-state index is -0.818. The number of allylic oxidation sites excluding steroid dienone is 2. The first-order valence-corrected chi connectivity index (χ1v) is 8.60. The van der Waals surface area contributed by atoms with Gasteiger partial charge in [-0.2, -0.15) is 5.26 Å². The topological polar surface area (TPSA) is 98.2 Å². The van der Waals surface area contributed by atoms with Crippen LogP contribution in [0.25, 0.3) is 10.9 Å². The number of nitriles is 1. The molecule has 1 aliphatic heterocycles. The van der Waals surface area contributed by atoms with Crippen molar-refractivity contribution >= 4 is 28.5 Å². The van der Waals surface area contributed by atoms with Gasteiger partial charge in [-0.3, -0.25) is 0 Å². The zero-order valence-electron chi connectivity index (χ0n) is 15.4. The third kappa shape index (κ3) is 3.11. The number of pyridine rings is 1. The van der Waals surface area contributed by atoms with E-state index in [1.807, 2.05) is 38.1 Å². The minimum Gasteiger partial charge on any atom is -0.466 e. The summed E-state index contributed by atoms with van der Waals surface area (Å²) in [5, 5.41) is 10.7. The molecular formula is C20H18ClN3O3. The van der Waals surface area contributed by atoms with Crippen LogP contribution in [0.1, 0.15) is 29.5 Å². The maximum Gasteiger partial charge on any atom is 0.338 e. The van der Waals surface area contributed by atoms with Crippen molar-refractivity contribution in [3.8, 4) is 6.07 Å². The van der Waals surface area contributed by atoms with Crippen molar-refractivity contribution in [2.75, 3.05) is 7.11 Å². The molecule has 1 atom stereocenters. The van der Waals surface area contributed by atoms with Crippen molar-refractivity contribution in [2.24, 2.45) is 5.73 Å². The van der Waals surface area contributed by atoms with Crippen molar-refractivity contribution in [1.82, 2.24) is 4.98 Å². The monoisotopic (exact) mass is 383 g/mol. The van der Waals surface area contributed by atoms with Crippen molar-refractivity contribution in [3.63, 3.8) is 0 Å². The largest absolute Gasteiger partial charge is 0.466 e. The van der Waals surface area contributed by atoms with Gasteiger partial charge in [0.2, 0.25) is 5.88 Å². The average Bonchev–Trinajstić information content (AvgIpc) is 2.60. The Bertz CT molecular complexity index is 1080. The lowest BCUT2D eigenvalue weighted by Gasteiger charge is -2.27. The molecule has 138 valence electrons. The van der Waals surface area contributed by atoms with Crippen LogP contribution in [-0.2, 0) is 14.3 Å². The molecule has 6 nitrogen and oxygen atoms in total. The zero-order valence-corrected chi connectivity index (χ0v) is 16.1. The highest BCUT2D eigenvalue weighted by molar-refractivity contribution is 6.31. The molecule has 0 saturated carbocycles. The number of nitrogens with zero attached hydrogens (tertiary/aromatic N) is 2. The number of nitrogens with two attached hydrogens (primary N) is 1. The van der Waals surface area contributed by atoms with Crippen LogP contribution in [0.4, 0.5) is 0 Å². The number of benzene rings is 1. The molecule has 0 unspecified atom stereocenters. The fourth-order valence-corrected chi connectivity index (χ4v) is 3.65. The molecular weight excluding hydrogens is 366 g/mol. The fraction of sp³-hybridized carbons (Fsp3) is 0.250. The third-order valence-corrected chi connectivity index (χ3v) is 4.89. The number of hydrogen-bond acceptors (Lipinski definition) is 6. The van der Waals surface area contributed by atoms with Gasteiger partial charge in [-0.05, 0) is 44.0 Å². The second kappa shape index (κ2) is 6.93. The predicted molar refractivity (Wildman–Crippen MR) is 102 cm³/mol. The van der Waals surface area contributed by atoms with Gasteiger partial charge in [-0.15, -0.1) is 0 Å². The van der Waals surface area contributed by atoms with Gasteiger partial charge in [0.1, 0.15) is 22.6 Å². The van der Waals surface area contributed by atoms with Crippen molar-refractivity contribution in [2.45, 2.75) is 26.7 Å². The summed E-state index contributed by atoms with van der Waals surface area (Å²) in [7, 11) is 1.26. The van der Waals surface area contributed by atoms with E-state index < -0.39 is 11.9 Å². The number of methoxy groups -OCH3 is 1. The normalized spacial score (nSPS) is 17.0. The molecule has 0 fully saturated rings.